The molecule has 7 nitrogen and oxygen atoms in total. The summed E-state index contributed by atoms with van der Waals surface area (Å²) in [5.74, 6) is -3.21. The standard InChI is InChI=1S/C23H28FN3O2.C2HF3O2/c1-15(28)27-21-10-3-16(4-11-21)18-7-12-22(24)19(13-18)14-26-23(29)17-5-8-20(25-2)9-6-17;3-2(4,5)1(6)7/h3-4,7,10-13,17,20,25H,5-6,8-9,14H2,1-2H3,(H,26,29)(H,27,28);(H,6,7). The highest BCUT2D eigenvalue weighted by molar-refractivity contribution is 5.89. The van der Waals surface area contributed by atoms with Crippen LogP contribution in [0.3, 0.4) is 0 Å². The molecule has 2 amide bonds. The van der Waals surface area contributed by atoms with Crippen LogP contribution in [0, 0.1) is 11.7 Å². The zero-order chi connectivity index (χ0) is 26.9. The molecule has 0 heterocycles. The first-order chi connectivity index (χ1) is 16.9. The normalized spacial score (nSPS) is 17.4. The van der Waals surface area contributed by atoms with E-state index in [1.165, 1.54) is 13.0 Å². The van der Waals surface area contributed by atoms with Gasteiger partial charge in [-0.25, -0.2) is 9.18 Å². The highest BCUT2D eigenvalue weighted by Gasteiger charge is 2.38. The van der Waals surface area contributed by atoms with E-state index in [0.29, 0.717) is 17.3 Å². The van der Waals surface area contributed by atoms with Gasteiger partial charge in [0.1, 0.15) is 5.82 Å². The lowest BCUT2D eigenvalue weighted by molar-refractivity contribution is -0.192. The monoisotopic (exact) mass is 511 g/mol. The number of aliphatic carboxylic acids is 1. The van der Waals surface area contributed by atoms with Crippen molar-refractivity contribution >= 4 is 23.5 Å². The summed E-state index contributed by atoms with van der Waals surface area (Å²) >= 11 is 0. The van der Waals surface area contributed by atoms with Gasteiger partial charge in [-0.05, 0) is 68.1 Å². The predicted octanol–water partition coefficient (Wildman–Crippen LogP) is 4.48. The average molecular weight is 512 g/mol. The molecular formula is C25H29F4N3O4. The van der Waals surface area contributed by atoms with E-state index in [1.54, 1.807) is 12.1 Å². The fourth-order valence-corrected chi connectivity index (χ4v) is 3.81. The van der Waals surface area contributed by atoms with Gasteiger partial charge < -0.3 is 21.1 Å². The maximum atomic E-state index is 14.3. The van der Waals surface area contributed by atoms with Crippen LogP contribution in [-0.4, -0.2) is 42.2 Å². The van der Waals surface area contributed by atoms with E-state index in [2.05, 4.69) is 16.0 Å². The molecule has 1 fully saturated rings. The molecule has 196 valence electrons. The molecule has 0 aliphatic heterocycles. The minimum absolute atomic E-state index is 0.00372. The van der Waals surface area contributed by atoms with Gasteiger partial charge in [0.2, 0.25) is 11.8 Å². The van der Waals surface area contributed by atoms with Crippen molar-refractivity contribution in [1.29, 1.82) is 0 Å². The van der Waals surface area contributed by atoms with Crippen LogP contribution >= 0.6 is 0 Å². The van der Waals surface area contributed by atoms with Gasteiger partial charge in [0.05, 0.1) is 0 Å². The molecule has 1 aliphatic carbocycles. The molecule has 0 aromatic heterocycles. The molecule has 36 heavy (non-hydrogen) atoms. The number of carbonyl (C=O) groups excluding carboxylic acids is 2. The van der Waals surface area contributed by atoms with Gasteiger partial charge in [0.15, 0.2) is 0 Å². The minimum Gasteiger partial charge on any atom is -0.475 e. The minimum atomic E-state index is -5.08. The topological polar surface area (TPSA) is 108 Å². The van der Waals surface area contributed by atoms with Crippen molar-refractivity contribution in [3.8, 4) is 11.1 Å². The van der Waals surface area contributed by atoms with E-state index in [1.807, 2.05) is 31.3 Å². The lowest BCUT2D eigenvalue weighted by Gasteiger charge is -2.27. The first-order valence-electron chi connectivity index (χ1n) is 11.3. The van der Waals surface area contributed by atoms with Gasteiger partial charge in [-0.1, -0.05) is 18.2 Å². The summed E-state index contributed by atoms with van der Waals surface area (Å²) in [4.78, 5) is 32.5. The number of anilines is 1. The van der Waals surface area contributed by atoms with Crippen LogP contribution in [0.15, 0.2) is 42.5 Å². The largest absolute Gasteiger partial charge is 0.490 e. The second-order valence-electron chi connectivity index (χ2n) is 8.42. The molecule has 2 aromatic rings. The van der Waals surface area contributed by atoms with Crippen molar-refractivity contribution in [3.63, 3.8) is 0 Å². The number of halogens is 4. The van der Waals surface area contributed by atoms with Crippen LogP contribution in [0.25, 0.3) is 11.1 Å². The zero-order valence-electron chi connectivity index (χ0n) is 19.9. The van der Waals surface area contributed by atoms with Crippen molar-refractivity contribution < 1.29 is 37.1 Å². The molecule has 1 saturated carbocycles. The van der Waals surface area contributed by atoms with Crippen molar-refractivity contribution in [1.82, 2.24) is 10.6 Å². The summed E-state index contributed by atoms with van der Waals surface area (Å²) in [5, 5.41) is 16.0. The molecule has 0 atom stereocenters. The summed E-state index contributed by atoms with van der Waals surface area (Å²) in [5.41, 5.74) is 2.95. The number of carboxylic acids is 1. The number of hydrogen-bond acceptors (Lipinski definition) is 4. The second kappa shape index (κ2) is 13.0. The summed E-state index contributed by atoms with van der Waals surface area (Å²) in [7, 11) is 1.95. The summed E-state index contributed by atoms with van der Waals surface area (Å²) in [6.45, 7) is 1.63. The van der Waals surface area contributed by atoms with Gasteiger partial charge in [-0.3, -0.25) is 9.59 Å². The average Bonchev–Trinajstić information content (AvgIpc) is 2.83. The van der Waals surface area contributed by atoms with Crippen LogP contribution in [-0.2, 0) is 20.9 Å². The van der Waals surface area contributed by atoms with Crippen LogP contribution < -0.4 is 16.0 Å². The maximum absolute atomic E-state index is 14.3. The number of hydrogen-bond donors (Lipinski definition) is 4. The van der Waals surface area contributed by atoms with Crippen LogP contribution in [0.2, 0.25) is 0 Å². The summed E-state index contributed by atoms with van der Waals surface area (Å²) in [6, 6.07) is 12.8. The van der Waals surface area contributed by atoms with Crippen LogP contribution in [0.5, 0.6) is 0 Å². The molecule has 11 heteroatoms. The maximum Gasteiger partial charge on any atom is 0.490 e. The Bertz CT molecular complexity index is 1050. The van der Waals surface area contributed by atoms with Crippen molar-refractivity contribution in [3.05, 3.63) is 53.8 Å². The van der Waals surface area contributed by atoms with E-state index in [9.17, 15) is 27.2 Å². The smallest absolute Gasteiger partial charge is 0.475 e. The molecule has 0 spiro atoms. The highest BCUT2D eigenvalue weighted by atomic mass is 19.4. The van der Waals surface area contributed by atoms with E-state index in [0.717, 1.165) is 36.8 Å². The zero-order valence-corrected chi connectivity index (χ0v) is 19.9. The Kier molecular flexibility index (Phi) is 10.4. The number of rotatable bonds is 6. The van der Waals surface area contributed by atoms with Gasteiger partial charge >= 0.3 is 12.1 Å². The Morgan fingerprint density at radius 2 is 1.53 bits per heavy atom. The number of carbonyl (C=O) groups is 3. The number of alkyl halides is 3. The van der Waals surface area contributed by atoms with Gasteiger partial charge in [0, 0.05) is 36.7 Å². The first kappa shape index (κ1) is 28.8. The Labute approximate surface area is 206 Å². The third kappa shape index (κ3) is 8.95. The quantitative estimate of drug-likeness (QED) is 0.428. The molecule has 1 aliphatic rings. The third-order valence-corrected chi connectivity index (χ3v) is 5.79. The molecule has 2 aromatic carbocycles. The van der Waals surface area contributed by atoms with E-state index in [-0.39, 0.29) is 30.1 Å². The Hall–Kier alpha value is -3.47. The van der Waals surface area contributed by atoms with E-state index < -0.39 is 12.1 Å². The molecular weight excluding hydrogens is 482 g/mol. The molecule has 0 unspecified atom stereocenters. The van der Waals surface area contributed by atoms with Crippen molar-refractivity contribution in [2.24, 2.45) is 5.92 Å². The van der Waals surface area contributed by atoms with Gasteiger partial charge in [0.25, 0.3) is 0 Å². The molecule has 0 saturated heterocycles. The van der Waals surface area contributed by atoms with E-state index in [4.69, 9.17) is 9.90 Å². The Morgan fingerprint density at radius 1 is 0.972 bits per heavy atom. The number of amides is 2. The summed E-state index contributed by atoms with van der Waals surface area (Å²) in [6.07, 6.45) is -1.37. The molecule has 3 rings (SSSR count). The molecule has 0 bridgehead atoms. The van der Waals surface area contributed by atoms with Crippen LogP contribution in [0.4, 0.5) is 23.2 Å². The van der Waals surface area contributed by atoms with Crippen LogP contribution in [0.1, 0.15) is 38.2 Å². The number of nitrogens with one attached hydrogen (secondary N) is 3. The Morgan fingerprint density at radius 3 is 2.03 bits per heavy atom. The lowest BCUT2D eigenvalue weighted by Crippen LogP contribution is -2.37. The summed E-state index contributed by atoms with van der Waals surface area (Å²) < 4.78 is 46.0. The second-order valence-corrected chi connectivity index (χ2v) is 8.42. The fourth-order valence-electron chi connectivity index (χ4n) is 3.81. The fraction of sp³-hybridized carbons (Fsp3) is 0.400. The number of carboxylic acid groups (broad SMARTS) is 1. The van der Waals surface area contributed by atoms with Gasteiger partial charge in [-0.2, -0.15) is 13.2 Å². The Balaban J connectivity index is 0.000000572. The third-order valence-electron chi connectivity index (χ3n) is 5.79. The van der Waals surface area contributed by atoms with Gasteiger partial charge in [-0.15, -0.1) is 0 Å². The van der Waals surface area contributed by atoms with Crippen molar-refractivity contribution in [2.45, 2.75) is 51.4 Å². The van der Waals surface area contributed by atoms with Crippen molar-refractivity contribution in [2.75, 3.05) is 12.4 Å². The number of benzene rings is 2. The predicted molar refractivity (Wildman–Crippen MR) is 126 cm³/mol. The SMILES string of the molecule is CNC1CCC(C(=O)NCc2cc(-c3ccc(NC(C)=O)cc3)ccc2F)CC1.O=C(O)C(F)(F)F. The lowest BCUT2D eigenvalue weighted by atomic mass is 9.85. The molecule has 0 radical (unpaired) electrons. The molecule has 4 N–H and O–H groups in total. The highest BCUT2D eigenvalue weighted by Crippen LogP contribution is 2.26. The first-order valence-corrected chi connectivity index (χ1v) is 11.3. The van der Waals surface area contributed by atoms with E-state index >= 15 is 0 Å².